The average Bonchev–Trinajstić information content (AvgIpc) is 3.11. The van der Waals surface area contributed by atoms with Crippen LogP contribution in [0, 0.1) is 6.92 Å². The largest absolute Gasteiger partial charge is 0.507 e. The predicted octanol–water partition coefficient (Wildman–Crippen LogP) is 2.80. The normalized spacial score (nSPS) is 15.2. The van der Waals surface area contributed by atoms with Gasteiger partial charge in [0.05, 0.1) is 24.2 Å². The third-order valence-electron chi connectivity index (χ3n) is 4.51. The van der Waals surface area contributed by atoms with Gasteiger partial charge >= 0.3 is 0 Å². The number of aromatic hydroxyl groups is 1. The highest BCUT2D eigenvalue weighted by atomic mass is 32.1. The molecule has 2 aromatic rings. The smallest absolute Gasteiger partial charge is 0.232 e. The molecule has 0 aliphatic carbocycles. The lowest BCUT2D eigenvalue weighted by Gasteiger charge is -2.17. The molecule has 3 rings (SSSR count). The summed E-state index contributed by atoms with van der Waals surface area (Å²) in [7, 11) is 0. The Bertz CT molecular complexity index is 803. The molecule has 0 bridgehead atoms. The number of hydrogen-bond acceptors (Lipinski definition) is 4. The summed E-state index contributed by atoms with van der Waals surface area (Å²) >= 11 is 1.58. The van der Waals surface area contributed by atoms with Crippen molar-refractivity contribution in [3.63, 3.8) is 0 Å². The van der Waals surface area contributed by atoms with Crippen molar-refractivity contribution in [1.82, 2.24) is 0 Å². The molecule has 1 aromatic heterocycles. The van der Waals surface area contributed by atoms with Gasteiger partial charge in [0.2, 0.25) is 5.78 Å². The molecule has 126 valence electrons. The van der Waals surface area contributed by atoms with Crippen LogP contribution in [0.5, 0.6) is 11.5 Å². The highest BCUT2D eigenvalue weighted by molar-refractivity contribution is 7.11. The van der Waals surface area contributed by atoms with Gasteiger partial charge in [-0.3, -0.25) is 4.79 Å². The molecule has 0 atom stereocenters. The number of phenols is 1. The van der Waals surface area contributed by atoms with Crippen LogP contribution in [-0.4, -0.2) is 24.0 Å². The number of phenolic OH excluding ortho intramolecular Hbond substituents is 1. The maximum atomic E-state index is 12.6. The van der Waals surface area contributed by atoms with E-state index in [2.05, 4.69) is 13.8 Å². The van der Waals surface area contributed by atoms with Crippen LogP contribution < -0.4 is 9.64 Å². The zero-order valence-electron chi connectivity index (χ0n) is 14.2. The SMILES string of the molecule is CC[NH+](CC)Cc1c(O)ccc2c1OC(=Cc1sccc1C)C2=O. The van der Waals surface area contributed by atoms with Gasteiger partial charge in [-0.1, -0.05) is 0 Å². The van der Waals surface area contributed by atoms with Crippen LogP contribution in [-0.2, 0) is 6.54 Å². The Labute approximate surface area is 146 Å². The summed E-state index contributed by atoms with van der Waals surface area (Å²) in [5.41, 5.74) is 2.37. The Morgan fingerprint density at radius 2 is 2.00 bits per heavy atom. The molecule has 0 spiro atoms. The second kappa shape index (κ2) is 6.79. The van der Waals surface area contributed by atoms with E-state index in [0.717, 1.165) is 23.5 Å². The molecule has 5 heteroatoms. The minimum absolute atomic E-state index is 0.117. The number of carbonyl (C=O) groups is 1. The van der Waals surface area contributed by atoms with Crippen molar-refractivity contribution in [2.45, 2.75) is 27.3 Å². The number of aryl methyl sites for hydroxylation is 1. The molecular formula is C19H22NO3S+. The highest BCUT2D eigenvalue weighted by Gasteiger charge is 2.32. The van der Waals surface area contributed by atoms with Gasteiger partial charge in [0.25, 0.3) is 0 Å². The Morgan fingerprint density at radius 3 is 2.62 bits per heavy atom. The van der Waals surface area contributed by atoms with Crippen molar-refractivity contribution in [3.8, 4) is 11.5 Å². The van der Waals surface area contributed by atoms with Crippen LogP contribution in [0.4, 0.5) is 0 Å². The molecule has 0 unspecified atom stereocenters. The Kier molecular flexibility index (Phi) is 4.73. The number of thiophene rings is 1. The van der Waals surface area contributed by atoms with Gasteiger partial charge in [-0.15, -0.1) is 11.3 Å². The van der Waals surface area contributed by atoms with Crippen LogP contribution >= 0.6 is 11.3 Å². The zero-order valence-corrected chi connectivity index (χ0v) is 15.0. The number of quaternary nitrogens is 1. The van der Waals surface area contributed by atoms with E-state index in [1.807, 2.05) is 18.4 Å². The lowest BCUT2D eigenvalue weighted by atomic mass is 10.0. The fourth-order valence-electron chi connectivity index (χ4n) is 2.87. The summed E-state index contributed by atoms with van der Waals surface area (Å²) in [6.07, 6.45) is 1.80. The molecule has 0 fully saturated rings. The first-order chi connectivity index (χ1) is 11.5. The van der Waals surface area contributed by atoms with E-state index in [4.69, 9.17) is 4.74 Å². The quantitative estimate of drug-likeness (QED) is 0.820. The summed E-state index contributed by atoms with van der Waals surface area (Å²) < 4.78 is 5.89. The van der Waals surface area contributed by atoms with E-state index in [-0.39, 0.29) is 11.5 Å². The molecule has 1 aliphatic heterocycles. The summed E-state index contributed by atoms with van der Waals surface area (Å²) in [6.45, 7) is 8.76. The molecule has 2 N–H and O–H groups in total. The van der Waals surface area contributed by atoms with Crippen LogP contribution in [0.15, 0.2) is 29.3 Å². The van der Waals surface area contributed by atoms with Gasteiger partial charge in [-0.2, -0.15) is 0 Å². The minimum atomic E-state index is -0.117. The molecule has 2 heterocycles. The second-order valence-electron chi connectivity index (χ2n) is 5.98. The first-order valence-electron chi connectivity index (χ1n) is 8.21. The van der Waals surface area contributed by atoms with Gasteiger partial charge < -0.3 is 14.7 Å². The molecular weight excluding hydrogens is 322 g/mol. The monoisotopic (exact) mass is 344 g/mol. The van der Waals surface area contributed by atoms with Crippen molar-refractivity contribution < 1.29 is 19.5 Å². The lowest BCUT2D eigenvalue weighted by molar-refractivity contribution is -0.910. The summed E-state index contributed by atoms with van der Waals surface area (Å²) in [4.78, 5) is 15.0. The van der Waals surface area contributed by atoms with Gasteiger partial charge in [0.1, 0.15) is 12.3 Å². The minimum Gasteiger partial charge on any atom is -0.507 e. The molecule has 0 saturated heterocycles. The average molecular weight is 344 g/mol. The van der Waals surface area contributed by atoms with E-state index >= 15 is 0 Å². The molecule has 24 heavy (non-hydrogen) atoms. The first kappa shape index (κ1) is 16.7. The number of ketones is 1. The zero-order chi connectivity index (χ0) is 17.3. The van der Waals surface area contributed by atoms with Crippen LogP contribution in [0.1, 0.15) is 40.2 Å². The molecule has 0 saturated carbocycles. The fraction of sp³-hybridized carbons (Fsp3) is 0.316. The Balaban J connectivity index is 1.99. The number of rotatable bonds is 5. The summed E-state index contributed by atoms with van der Waals surface area (Å²) in [5.74, 6) is 0.917. The van der Waals surface area contributed by atoms with Crippen LogP contribution in [0.3, 0.4) is 0 Å². The Hall–Kier alpha value is -2.11. The number of Topliss-reactive ketones (excluding diaryl/α,β-unsaturated/α-hetero) is 1. The van der Waals surface area contributed by atoms with Crippen molar-refractivity contribution in [2.24, 2.45) is 0 Å². The van der Waals surface area contributed by atoms with Crippen molar-refractivity contribution in [1.29, 1.82) is 0 Å². The van der Waals surface area contributed by atoms with E-state index in [9.17, 15) is 9.90 Å². The molecule has 4 nitrogen and oxygen atoms in total. The third-order valence-corrected chi connectivity index (χ3v) is 5.47. The number of carbonyl (C=O) groups excluding carboxylic acids is 1. The molecule has 1 aliphatic rings. The van der Waals surface area contributed by atoms with Gasteiger partial charge in [-0.25, -0.2) is 0 Å². The second-order valence-corrected chi connectivity index (χ2v) is 6.93. The lowest BCUT2D eigenvalue weighted by Crippen LogP contribution is -3.10. The topological polar surface area (TPSA) is 51.0 Å². The molecule has 0 amide bonds. The van der Waals surface area contributed by atoms with E-state index in [0.29, 0.717) is 29.2 Å². The number of hydrogen-bond donors (Lipinski definition) is 2. The van der Waals surface area contributed by atoms with Crippen LogP contribution in [0.25, 0.3) is 6.08 Å². The predicted molar refractivity (Wildman–Crippen MR) is 95.8 cm³/mol. The van der Waals surface area contributed by atoms with E-state index < -0.39 is 0 Å². The maximum Gasteiger partial charge on any atom is 0.232 e. The Morgan fingerprint density at radius 1 is 1.25 bits per heavy atom. The van der Waals surface area contributed by atoms with Crippen molar-refractivity contribution in [3.05, 3.63) is 50.9 Å². The van der Waals surface area contributed by atoms with Gasteiger partial charge in [0, 0.05) is 11.0 Å². The number of ether oxygens (including phenoxy) is 1. The first-order valence-corrected chi connectivity index (χ1v) is 9.09. The van der Waals surface area contributed by atoms with Gasteiger partial charge in [-0.05, 0) is 49.9 Å². The fourth-order valence-corrected chi connectivity index (χ4v) is 3.72. The molecule has 1 aromatic carbocycles. The number of allylic oxidation sites excluding steroid dienone is 1. The van der Waals surface area contributed by atoms with Crippen molar-refractivity contribution in [2.75, 3.05) is 13.1 Å². The number of fused-ring (bicyclic) bond motifs is 1. The summed E-state index contributed by atoms with van der Waals surface area (Å²) in [6, 6.07) is 5.26. The number of nitrogens with one attached hydrogen (secondary N) is 1. The standard InChI is InChI=1S/C19H21NO3S/c1-4-20(5-2)11-14-15(21)7-6-13-18(22)16(23-19(13)14)10-17-12(3)8-9-24-17/h6-10,21H,4-5,11H2,1-3H3/p+1. The van der Waals surface area contributed by atoms with E-state index in [1.165, 1.54) is 4.90 Å². The van der Waals surface area contributed by atoms with E-state index in [1.54, 1.807) is 29.5 Å². The summed E-state index contributed by atoms with van der Waals surface area (Å²) in [5, 5.41) is 12.3. The van der Waals surface area contributed by atoms with Crippen LogP contribution in [0.2, 0.25) is 0 Å². The molecule has 0 radical (unpaired) electrons. The van der Waals surface area contributed by atoms with Crippen molar-refractivity contribution >= 4 is 23.2 Å². The maximum absolute atomic E-state index is 12.6. The van der Waals surface area contributed by atoms with Gasteiger partial charge in [0.15, 0.2) is 11.5 Å². The number of benzene rings is 1. The highest BCUT2D eigenvalue weighted by Crippen LogP contribution is 2.39. The third kappa shape index (κ3) is 2.97.